The van der Waals surface area contributed by atoms with E-state index in [2.05, 4.69) is 20.1 Å². The molecule has 27 heavy (non-hydrogen) atoms. The predicted octanol–water partition coefficient (Wildman–Crippen LogP) is 2.52. The fourth-order valence-corrected chi connectivity index (χ4v) is 4.16. The van der Waals surface area contributed by atoms with Crippen LogP contribution in [0.3, 0.4) is 0 Å². The van der Waals surface area contributed by atoms with Gasteiger partial charge in [0.1, 0.15) is 4.88 Å². The fraction of sp³-hybridized carbons (Fsp3) is 0.389. The Morgan fingerprint density at radius 3 is 2.67 bits per heavy atom. The molecule has 1 aliphatic heterocycles. The molecule has 1 fully saturated rings. The minimum atomic E-state index is -0.179. The van der Waals surface area contributed by atoms with Gasteiger partial charge in [0.05, 0.1) is 16.3 Å². The Morgan fingerprint density at radius 2 is 2.04 bits per heavy atom. The van der Waals surface area contributed by atoms with E-state index in [1.165, 1.54) is 17.4 Å². The lowest BCUT2D eigenvalue weighted by atomic mass is 9.96. The SMILES string of the molecule is Cc1nc(C)c(C(=O)N2CCC(c3noc(-c4ccc(=O)[nH]c4)n3)CC2)s1. The zero-order valence-electron chi connectivity index (χ0n) is 15.1. The van der Waals surface area contributed by atoms with Crippen molar-refractivity contribution in [3.63, 3.8) is 0 Å². The molecule has 0 aliphatic carbocycles. The molecule has 0 atom stereocenters. The summed E-state index contributed by atoms with van der Waals surface area (Å²) in [4.78, 5) is 37.9. The van der Waals surface area contributed by atoms with Gasteiger partial charge in [-0.25, -0.2) is 4.98 Å². The summed E-state index contributed by atoms with van der Waals surface area (Å²) in [6, 6.07) is 3.07. The molecule has 1 aliphatic rings. The van der Waals surface area contributed by atoms with Crippen molar-refractivity contribution in [3.8, 4) is 11.5 Å². The standard InChI is InChI=1S/C18H19N5O3S/c1-10-15(27-11(2)20-10)18(25)23-7-5-12(6-8-23)16-21-17(26-22-16)13-3-4-14(24)19-9-13/h3-4,9,12H,5-8H2,1-2H3,(H,19,24). The highest BCUT2D eigenvalue weighted by molar-refractivity contribution is 7.13. The van der Waals surface area contributed by atoms with Gasteiger partial charge in [-0.05, 0) is 32.8 Å². The van der Waals surface area contributed by atoms with E-state index in [0.29, 0.717) is 30.4 Å². The number of carbonyl (C=O) groups excluding carboxylic acids is 1. The molecule has 1 N–H and O–H groups in total. The molecule has 8 nitrogen and oxygen atoms in total. The Morgan fingerprint density at radius 1 is 1.26 bits per heavy atom. The van der Waals surface area contributed by atoms with Crippen LogP contribution in [0.2, 0.25) is 0 Å². The molecule has 3 aromatic heterocycles. The second-order valence-corrected chi connectivity index (χ2v) is 7.82. The van der Waals surface area contributed by atoms with Gasteiger partial charge < -0.3 is 14.4 Å². The zero-order valence-corrected chi connectivity index (χ0v) is 15.9. The summed E-state index contributed by atoms with van der Waals surface area (Å²) in [5.74, 6) is 1.24. The van der Waals surface area contributed by atoms with Crippen molar-refractivity contribution >= 4 is 17.2 Å². The number of nitrogens with zero attached hydrogens (tertiary/aromatic N) is 4. The first-order valence-corrected chi connectivity index (χ1v) is 9.59. The van der Waals surface area contributed by atoms with E-state index < -0.39 is 0 Å². The van der Waals surface area contributed by atoms with Crippen LogP contribution in [0.4, 0.5) is 0 Å². The number of hydrogen-bond donors (Lipinski definition) is 1. The van der Waals surface area contributed by atoms with Crippen molar-refractivity contribution in [1.29, 1.82) is 0 Å². The number of hydrogen-bond acceptors (Lipinski definition) is 7. The second-order valence-electron chi connectivity index (χ2n) is 6.61. The average Bonchev–Trinajstić information content (AvgIpc) is 3.28. The van der Waals surface area contributed by atoms with Gasteiger partial charge in [-0.3, -0.25) is 9.59 Å². The van der Waals surface area contributed by atoms with Gasteiger partial charge in [-0.2, -0.15) is 4.98 Å². The van der Waals surface area contributed by atoms with E-state index in [1.807, 2.05) is 18.7 Å². The predicted molar refractivity (Wildman–Crippen MR) is 99.8 cm³/mol. The number of aromatic amines is 1. The number of aromatic nitrogens is 4. The van der Waals surface area contributed by atoms with Crippen molar-refractivity contribution in [2.75, 3.05) is 13.1 Å². The largest absolute Gasteiger partial charge is 0.338 e. The first-order chi connectivity index (χ1) is 13.0. The van der Waals surface area contributed by atoms with Crippen molar-refractivity contribution in [2.24, 2.45) is 0 Å². The molecule has 3 aromatic rings. The van der Waals surface area contributed by atoms with Gasteiger partial charge in [0.25, 0.3) is 11.8 Å². The lowest BCUT2D eigenvalue weighted by molar-refractivity contribution is 0.0714. The number of pyridine rings is 1. The van der Waals surface area contributed by atoms with Crippen LogP contribution in [0.25, 0.3) is 11.5 Å². The van der Waals surface area contributed by atoms with Crippen LogP contribution in [-0.4, -0.2) is 44.0 Å². The summed E-state index contributed by atoms with van der Waals surface area (Å²) < 4.78 is 5.34. The Hall–Kier alpha value is -2.81. The van der Waals surface area contributed by atoms with Crippen LogP contribution in [0.15, 0.2) is 27.6 Å². The van der Waals surface area contributed by atoms with Crippen molar-refractivity contribution in [2.45, 2.75) is 32.6 Å². The molecule has 1 saturated heterocycles. The number of carbonyl (C=O) groups is 1. The number of rotatable bonds is 3. The highest BCUT2D eigenvalue weighted by atomic mass is 32.1. The van der Waals surface area contributed by atoms with E-state index in [9.17, 15) is 9.59 Å². The number of H-pyrrole nitrogens is 1. The molecule has 0 saturated carbocycles. The molecule has 0 aromatic carbocycles. The van der Waals surface area contributed by atoms with E-state index in [-0.39, 0.29) is 17.4 Å². The first kappa shape index (κ1) is 17.6. The van der Waals surface area contributed by atoms with Crippen molar-refractivity contribution < 1.29 is 9.32 Å². The van der Waals surface area contributed by atoms with Gasteiger partial charge >= 0.3 is 0 Å². The Bertz CT molecular complexity index is 1010. The summed E-state index contributed by atoms with van der Waals surface area (Å²) in [5.41, 5.74) is 1.30. The molecule has 4 rings (SSSR count). The summed E-state index contributed by atoms with van der Waals surface area (Å²) in [7, 11) is 0. The van der Waals surface area contributed by atoms with Gasteiger partial charge in [0.15, 0.2) is 5.82 Å². The Kier molecular flexibility index (Phi) is 4.61. The first-order valence-electron chi connectivity index (χ1n) is 8.77. The van der Waals surface area contributed by atoms with Crippen LogP contribution >= 0.6 is 11.3 Å². The van der Waals surface area contributed by atoms with Gasteiger partial charge in [-0.15, -0.1) is 11.3 Å². The summed E-state index contributed by atoms with van der Waals surface area (Å²) in [5, 5.41) is 5.00. The van der Waals surface area contributed by atoms with Gasteiger partial charge in [0, 0.05) is 31.3 Å². The maximum atomic E-state index is 12.7. The molecular formula is C18H19N5O3S. The summed E-state index contributed by atoms with van der Waals surface area (Å²) >= 11 is 1.45. The summed E-state index contributed by atoms with van der Waals surface area (Å²) in [6.45, 7) is 5.10. The van der Waals surface area contributed by atoms with Gasteiger partial charge in [0.2, 0.25) is 5.56 Å². The van der Waals surface area contributed by atoms with Crippen LogP contribution in [0, 0.1) is 13.8 Å². The van der Waals surface area contributed by atoms with E-state index in [4.69, 9.17) is 4.52 Å². The monoisotopic (exact) mass is 385 g/mol. The van der Waals surface area contributed by atoms with Crippen LogP contribution in [-0.2, 0) is 0 Å². The normalized spacial score (nSPS) is 15.3. The minimum Gasteiger partial charge on any atom is -0.338 e. The zero-order chi connectivity index (χ0) is 19.0. The Labute approximate surface area is 159 Å². The maximum absolute atomic E-state index is 12.7. The van der Waals surface area contributed by atoms with Crippen LogP contribution < -0.4 is 5.56 Å². The van der Waals surface area contributed by atoms with E-state index in [1.54, 1.807) is 12.3 Å². The van der Waals surface area contributed by atoms with Crippen molar-refractivity contribution in [3.05, 3.63) is 50.1 Å². The summed E-state index contributed by atoms with van der Waals surface area (Å²) in [6.07, 6.45) is 3.13. The van der Waals surface area contributed by atoms with E-state index >= 15 is 0 Å². The third-order valence-corrected chi connectivity index (χ3v) is 5.78. The molecule has 9 heteroatoms. The number of piperidine rings is 1. The molecule has 1 amide bonds. The van der Waals surface area contributed by atoms with Gasteiger partial charge in [-0.1, -0.05) is 5.16 Å². The highest BCUT2D eigenvalue weighted by Gasteiger charge is 2.29. The number of aryl methyl sites for hydroxylation is 2. The molecule has 0 bridgehead atoms. The average molecular weight is 385 g/mol. The topological polar surface area (TPSA) is 105 Å². The molecular weight excluding hydrogens is 366 g/mol. The third kappa shape index (κ3) is 3.55. The fourth-order valence-electron chi connectivity index (χ4n) is 3.28. The molecule has 0 unspecified atom stereocenters. The number of nitrogens with one attached hydrogen (secondary N) is 1. The number of amides is 1. The Balaban J connectivity index is 1.42. The van der Waals surface area contributed by atoms with E-state index in [0.717, 1.165) is 28.4 Å². The van der Waals surface area contributed by atoms with Crippen LogP contribution in [0.5, 0.6) is 0 Å². The molecule has 4 heterocycles. The smallest absolute Gasteiger partial charge is 0.265 e. The third-order valence-electron chi connectivity index (χ3n) is 4.72. The second kappa shape index (κ2) is 7.07. The highest BCUT2D eigenvalue weighted by Crippen LogP contribution is 2.29. The van der Waals surface area contributed by atoms with Crippen molar-refractivity contribution in [1.82, 2.24) is 25.0 Å². The minimum absolute atomic E-state index is 0.0543. The lowest BCUT2D eigenvalue weighted by Gasteiger charge is -2.30. The van der Waals surface area contributed by atoms with Crippen LogP contribution in [0.1, 0.15) is 45.0 Å². The molecule has 0 spiro atoms. The molecule has 0 radical (unpaired) electrons. The number of thiazole rings is 1. The molecule has 140 valence electrons. The lowest BCUT2D eigenvalue weighted by Crippen LogP contribution is -2.38. The maximum Gasteiger partial charge on any atom is 0.265 e. The number of likely N-dealkylation sites (tertiary alicyclic amines) is 1. The quantitative estimate of drug-likeness (QED) is 0.743.